The van der Waals surface area contributed by atoms with Crippen LogP contribution in [0.3, 0.4) is 0 Å². The molecule has 6 heteroatoms. The van der Waals surface area contributed by atoms with Gasteiger partial charge in [-0.25, -0.2) is 4.99 Å². The highest BCUT2D eigenvalue weighted by atomic mass is 79.9. The number of aromatic hydroxyl groups is 1. The number of hydrogen-bond donors (Lipinski definition) is 2. The normalized spacial score (nSPS) is 14.9. The van der Waals surface area contributed by atoms with E-state index in [4.69, 9.17) is 4.84 Å². The molecule has 1 aliphatic heterocycles. The molecule has 0 spiro atoms. The molecule has 0 saturated heterocycles. The van der Waals surface area contributed by atoms with Crippen LogP contribution in [-0.2, 0) is 4.84 Å². The van der Waals surface area contributed by atoms with E-state index in [1.54, 1.807) is 0 Å². The second kappa shape index (κ2) is 6.13. The number of oxime groups is 1. The van der Waals surface area contributed by atoms with Crippen molar-refractivity contribution < 1.29 is 9.94 Å². The highest BCUT2D eigenvalue weighted by molar-refractivity contribution is 9.09. The van der Waals surface area contributed by atoms with Crippen molar-refractivity contribution in [1.82, 2.24) is 4.98 Å². The fourth-order valence-electron chi connectivity index (χ4n) is 2.85. The van der Waals surface area contributed by atoms with Gasteiger partial charge in [0.1, 0.15) is 18.0 Å². The third kappa shape index (κ3) is 2.39. The summed E-state index contributed by atoms with van der Waals surface area (Å²) in [5.74, 6) is 0.0796. The van der Waals surface area contributed by atoms with E-state index in [0.717, 1.165) is 22.2 Å². The summed E-state index contributed by atoms with van der Waals surface area (Å²) in [6, 6.07) is 15.5. The maximum Gasteiger partial charge on any atom is 0.199 e. The van der Waals surface area contributed by atoms with Crippen LogP contribution in [0.25, 0.3) is 10.9 Å². The van der Waals surface area contributed by atoms with Crippen molar-refractivity contribution in [3.63, 3.8) is 0 Å². The zero-order chi connectivity index (χ0) is 16.5. The van der Waals surface area contributed by atoms with Crippen molar-refractivity contribution in [2.75, 3.05) is 11.9 Å². The molecule has 2 N–H and O–H groups in total. The third-order valence-corrected chi connectivity index (χ3v) is 4.19. The number of aromatic amines is 1. The number of H-pyrrole nitrogens is 1. The largest absolute Gasteiger partial charge is 0.494 e. The van der Waals surface area contributed by atoms with E-state index >= 15 is 0 Å². The lowest BCUT2D eigenvalue weighted by Gasteiger charge is -2.04. The van der Waals surface area contributed by atoms with Crippen LogP contribution in [0.1, 0.15) is 11.1 Å². The van der Waals surface area contributed by atoms with Gasteiger partial charge in [0.25, 0.3) is 0 Å². The van der Waals surface area contributed by atoms with Crippen LogP contribution in [0.4, 0.5) is 5.69 Å². The van der Waals surface area contributed by atoms with Crippen molar-refractivity contribution in [3.8, 4) is 5.88 Å². The van der Waals surface area contributed by atoms with E-state index in [-0.39, 0.29) is 5.88 Å². The van der Waals surface area contributed by atoms with Crippen molar-refractivity contribution in [3.05, 3.63) is 59.7 Å². The lowest BCUT2D eigenvalue weighted by Crippen LogP contribution is -2.13. The highest BCUT2D eigenvalue weighted by Gasteiger charge is 2.28. The lowest BCUT2D eigenvalue weighted by molar-refractivity contribution is 0.163. The van der Waals surface area contributed by atoms with Crippen molar-refractivity contribution in [2.45, 2.75) is 0 Å². The minimum Gasteiger partial charge on any atom is -0.494 e. The number of alkyl halides is 1. The third-order valence-electron chi connectivity index (χ3n) is 3.86. The molecule has 0 bridgehead atoms. The number of hydrogen-bond acceptors (Lipinski definition) is 4. The van der Waals surface area contributed by atoms with Gasteiger partial charge in [-0.3, -0.25) is 0 Å². The smallest absolute Gasteiger partial charge is 0.199 e. The minimum absolute atomic E-state index is 0.0796. The predicted molar refractivity (Wildman–Crippen MR) is 98.9 cm³/mol. The van der Waals surface area contributed by atoms with Gasteiger partial charge in [-0.15, -0.1) is 0 Å². The van der Waals surface area contributed by atoms with E-state index in [9.17, 15) is 5.11 Å². The first-order valence-electron chi connectivity index (χ1n) is 7.54. The Hall–Kier alpha value is -2.60. The Balaban J connectivity index is 1.89. The number of para-hydroxylation sites is 2. The van der Waals surface area contributed by atoms with Gasteiger partial charge in [0.15, 0.2) is 5.88 Å². The van der Waals surface area contributed by atoms with Crippen LogP contribution >= 0.6 is 15.9 Å². The Kier molecular flexibility index (Phi) is 3.82. The molecule has 0 radical (unpaired) electrons. The van der Waals surface area contributed by atoms with Gasteiger partial charge in [-0.05, 0) is 12.1 Å². The summed E-state index contributed by atoms with van der Waals surface area (Å²) in [6.07, 6.45) is 0. The molecule has 5 nitrogen and oxygen atoms in total. The predicted octanol–water partition coefficient (Wildman–Crippen LogP) is 4.12. The fraction of sp³-hybridized carbons (Fsp3) is 0.111. The standard InChI is InChI=1S/C18H14BrN3O2/c19-9-10-24-22-16-12-6-2-4-8-14(12)20-17(16)15-11-5-1-3-7-13(11)21-18(15)23/h1-8,21,23H,9-10H2/b22-16+. The number of aromatic nitrogens is 1. The van der Waals surface area contributed by atoms with Gasteiger partial charge in [-0.2, -0.15) is 0 Å². The molecule has 0 amide bonds. The number of nitrogens with one attached hydrogen (secondary N) is 1. The van der Waals surface area contributed by atoms with Crippen LogP contribution in [-0.4, -0.2) is 33.5 Å². The zero-order valence-corrected chi connectivity index (χ0v) is 14.2. The number of fused-ring (bicyclic) bond motifs is 2. The summed E-state index contributed by atoms with van der Waals surface area (Å²) in [6.45, 7) is 0.457. The first-order valence-corrected chi connectivity index (χ1v) is 8.66. The summed E-state index contributed by atoms with van der Waals surface area (Å²) < 4.78 is 0. The van der Waals surface area contributed by atoms with Crippen LogP contribution < -0.4 is 0 Å². The molecule has 4 rings (SSSR count). The summed E-state index contributed by atoms with van der Waals surface area (Å²) in [7, 11) is 0. The van der Waals surface area contributed by atoms with Gasteiger partial charge < -0.3 is 14.9 Å². The van der Waals surface area contributed by atoms with E-state index in [1.165, 1.54) is 0 Å². The summed E-state index contributed by atoms with van der Waals surface area (Å²) in [5, 5.41) is 16.3. The highest BCUT2D eigenvalue weighted by Crippen LogP contribution is 2.35. The molecular formula is C18H14BrN3O2. The molecule has 0 aliphatic carbocycles. The molecule has 0 unspecified atom stereocenters. The van der Waals surface area contributed by atoms with Gasteiger partial charge in [0.05, 0.1) is 11.3 Å². The summed E-state index contributed by atoms with van der Waals surface area (Å²) in [5.41, 5.74) is 4.45. The van der Waals surface area contributed by atoms with Gasteiger partial charge in [0, 0.05) is 21.8 Å². The molecule has 0 fully saturated rings. The van der Waals surface area contributed by atoms with Gasteiger partial charge in [0.2, 0.25) is 0 Å². The Labute approximate surface area is 146 Å². The second-order valence-electron chi connectivity index (χ2n) is 5.33. The number of aliphatic imine (C=N–C) groups is 1. The Morgan fingerprint density at radius 2 is 1.92 bits per heavy atom. The number of benzene rings is 2. The molecule has 0 saturated carbocycles. The first-order chi connectivity index (χ1) is 11.8. The average molecular weight is 384 g/mol. The van der Waals surface area contributed by atoms with Gasteiger partial charge in [-0.1, -0.05) is 57.5 Å². The molecule has 2 heterocycles. The van der Waals surface area contributed by atoms with Crippen LogP contribution in [0, 0.1) is 0 Å². The number of rotatable bonds is 4. The zero-order valence-electron chi connectivity index (χ0n) is 12.7. The molecule has 3 aromatic rings. The number of nitrogens with zero attached hydrogens (tertiary/aromatic N) is 2. The molecule has 2 aromatic carbocycles. The summed E-state index contributed by atoms with van der Waals surface area (Å²) in [4.78, 5) is 13.0. The maximum atomic E-state index is 10.4. The van der Waals surface area contributed by atoms with Crippen molar-refractivity contribution >= 4 is 43.9 Å². The van der Waals surface area contributed by atoms with E-state index in [2.05, 4.69) is 31.1 Å². The van der Waals surface area contributed by atoms with Gasteiger partial charge >= 0.3 is 0 Å². The molecule has 24 heavy (non-hydrogen) atoms. The molecule has 0 atom stereocenters. The molecular weight excluding hydrogens is 370 g/mol. The first kappa shape index (κ1) is 15.0. The minimum atomic E-state index is 0.0796. The Morgan fingerprint density at radius 3 is 2.79 bits per heavy atom. The van der Waals surface area contributed by atoms with E-state index < -0.39 is 0 Å². The Bertz CT molecular complexity index is 975. The second-order valence-corrected chi connectivity index (χ2v) is 6.13. The van der Waals surface area contributed by atoms with Crippen LogP contribution in [0.5, 0.6) is 5.88 Å². The average Bonchev–Trinajstić information content (AvgIpc) is 3.12. The van der Waals surface area contributed by atoms with Crippen molar-refractivity contribution in [2.24, 2.45) is 10.1 Å². The van der Waals surface area contributed by atoms with Crippen LogP contribution in [0.15, 0.2) is 58.7 Å². The SMILES string of the molecule is Oc1[nH]c2ccccc2c1C1=Nc2ccccc2/C1=N\OCCBr. The topological polar surface area (TPSA) is 70.0 Å². The van der Waals surface area contributed by atoms with Crippen LogP contribution in [0.2, 0.25) is 0 Å². The van der Waals surface area contributed by atoms with Crippen molar-refractivity contribution in [1.29, 1.82) is 0 Å². The number of halogens is 1. The van der Waals surface area contributed by atoms with E-state index in [1.807, 2.05) is 48.5 Å². The summed E-state index contributed by atoms with van der Waals surface area (Å²) >= 11 is 3.32. The van der Waals surface area contributed by atoms with E-state index in [0.29, 0.717) is 28.9 Å². The quantitative estimate of drug-likeness (QED) is 0.404. The monoisotopic (exact) mass is 383 g/mol. The molecule has 1 aliphatic rings. The maximum absolute atomic E-state index is 10.4. The molecule has 120 valence electrons. The fourth-order valence-corrected chi connectivity index (χ4v) is 3.00. The lowest BCUT2D eigenvalue weighted by atomic mass is 10.0. The molecule has 1 aromatic heterocycles. The Morgan fingerprint density at radius 1 is 1.12 bits per heavy atom.